The summed E-state index contributed by atoms with van der Waals surface area (Å²) >= 11 is 0. The number of aromatic amines is 1. The lowest BCUT2D eigenvalue weighted by Gasteiger charge is -2.32. The van der Waals surface area contributed by atoms with Gasteiger partial charge in [0.15, 0.2) is 0 Å². The fraction of sp³-hybridized carbons (Fsp3) is 0.579. The number of piperidine rings is 1. The van der Waals surface area contributed by atoms with E-state index in [9.17, 15) is 5.11 Å². The minimum absolute atomic E-state index is 0.323. The number of aliphatic hydroxyl groups excluding tert-OH is 1. The van der Waals surface area contributed by atoms with Crippen LogP contribution in [0.1, 0.15) is 19.8 Å². The first-order valence-corrected chi connectivity index (χ1v) is 8.93. The first kappa shape index (κ1) is 17.3. The third-order valence-electron chi connectivity index (χ3n) is 4.72. The average molecular weight is 332 g/mol. The zero-order valence-electron chi connectivity index (χ0n) is 14.4. The fourth-order valence-corrected chi connectivity index (χ4v) is 3.34. The summed E-state index contributed by atoms with van der Waals surface area (Å²) in [5.41, 5.74) is 1.05. The first-order valence-electron chi connectivity index (χ1n) is 8.93. The lowest BCUT2D eigenvalue weighted by Crippen LogP contribution is -2.41. The van der Waals surface area contributed by atoms with Crippen LogP contribution in [0.15, 0.2) is 30.5 Å². The summed E-state index contributed by atoms with van der Waals surface area (Å²) in [6.45, 7) is 6.76. The Morgan fingerprint density at radius 1 is 1.29 bits per heavy atom. The van der Waals surface area contributed by atoms with Gasteiger partial charge in [0.05, 0.1) is 0 Å². The Bertz CT molecular complexity index is 620. The molecule has 5 heteroatoms. The summed E-state index contributed by atoms with van der Waals surface area (Å²) in [6, 6.07) is 7.93. The van der Waals surface area contributed by atoms with Crippen molar-refractivity contribution in [2.45, 2.75) is 25.9 Å². The van der Waals surface area contributed by atoms with Crippen LogP contribution in [0.3, 0.4) is 0 Å². The molecule has 0 saturated carbocycles. The van der Waals surface area contributed by atoms with Gasteiger partial charge in [-0.1, -0.05) is 6.07 Å². The lowest BCUT2D eigenvalue weighted by atomic mass is 9.97. The normalized spacial score (nSPS) is 18.1. The van der Waals surface area contributed by atoms with Crippen molar-refractivity contribution in [2.75, 3.05) is 39.5 Å². The van der Waals surface area contributed by atoms with Crippen molar-refractivity contribution in [3.8, 4) is 5.75 Å². The summed E-state index contributed by atoms with van der Waals surface area (Å²) in [5, 5.41) is 11.4. The quantitative estimate of drug-likeness (QED) is 0.780. The maximum Gasteiger partial charge on any atom is 0.128 e. The Morgan fingerprint density at radius 3 is 2.92 bits per heavy atom. The molecule has 0 spiro atoms. The number of H-pyrrole nitrogens is 1. The van der Waals surface area contributed by atoms with E-state index in [1.54, 1.807) is 0 Å². The van der Waals surface area contributed by atoms with Crippen LogP contribution in [0.5, 0.6) is 5.75 Å². The van der Waals surface area contributed by atoms with E-state index in [4.69, 9.17) is 9.47 Å². The van der Waals surface area contributed by atoms with Gasteiger partial charge in [-0.25, -0.2) is 0 Å². The SMILES string of the molecule is CCOCC1CCN(CC(O)COc2cccc3[nH]ccc23)CC1. The second kappa shape index (κ2) is 8.51. The van der Waals surface area contributed by atoms with Crippen LogP contribution in [0, 0.1) is 5.92 Å². The van der Waals surface area contributed by atoms with E-state index in [1.807, 2.05) is 37.4 Å². The van der Waals surface area contributed by atoms with Crippen molar-refractivity contribution in [3.63, 3.8) is 0 Å². The van der Waals surface area contributed by atoms with Crippen LogP contribution in [0.25, 0.3) is 10.9 Å². The van der Waals surface area contributed by atoms with E-state index in [1.165, 1.54) is 0 Å². The van der Waals surface area contributed by atoms with Gasteiger partial charge in [0, 0.05) is 36.9 Å². The zero-order valence-corrected chi connectivity index (χ0v) is 14.4. The van der Waals surface area contributed by atoms with Crippen LogP contribution < -0.4 is 4.74 Å². The molecule has 2 N–H and O–H groups in total. The number of nitrogens with zero attached hydrogens (tertiary/aromatic N) is 1. The van der Waals surface area contributed by atoms with Gasteiger partial charge < -0.3 is 24.5 Å². The number of ether oxygens (including phenoxy) is 2. The molecule has 1 atom stereocenters. The van der Waals surface area contributed by atoms with Gasteiger partial charge in [-0.3, -0.25) is 0 Å². The molecule has 0 bridgehead atoms. The van der Waals surface area contributed by atoms with E-state index in [2.05, 4.69) is 9.88 Å². The highest BCUT2D eigenvalue weighted by Crippen LogP contribution is 2.24. The predicted octanol–water partition coefficient (Wildman–Crippen LogP) is 2.66. The van der Waals surface area contributed by atoms with Crippen molar-refractivity contribution < 1.29 is 14.6 Å². The number of aromatic nitrogens is 1. The molecule has 2 heterocycles. The van der Waals surface area contributed by atoms with Crippen LogP contribution in [0.2, 0.25) is 0 Å². The molecule has 1 unspecified atom stereocenters. The van der Waals surface area contributed by atoms with Crippen molar-refractivity contribution in [1.82, 2.24) is 9.88 Å². The molecule has 1 aliphatic rings. The molecule has 0 amide bonds. The maximum atomic E-state index is 10.3. The topological polar surface area (TPSA) is 57.7 Å². The molecule has 5 nitrogen and oxygen atoms in total. The van der Waals surface area contributed by atoms with E-state index in [0.29, 0.717) is 19.1 Å². The van der Waals surface area contributed by atoms with E-state index >= 15 is 0 Å². The van der Waals surface area contributed by atoms with Crippen LogP contribution in [0.4, 0.5) is 0 Å². The molecule has 1 aromatic heterocycles. The second-order valence-corrected chi connectivity index (χ2v) is 6.56. The minimum Gasteiger partial charge on any atom is -0.490 e. The number of aliphatic hydroxyl groups is 1. The summed E-state index contributed by atoms with van der Waals surface area (Å²) in [4.78, 5) is 5.50. The molecule has 0 aliphatic carbocycles. The lowest BCUT2D eigenvalue weighted by molar-refractivity contribution is 0.0381. The summed E-state index contributed by atoms with van der Waals surface area (Å²) in [6.07, 6.45) is 3.73. The Hall–Kier alpha value is -1.56. The van der Waals surface area contributed by atoms with E-state index in [0.717, 1.165) is 55.8 Å². The first-order chi connectivity index (χ1) is 11.8. The highest BCUT2D eigenvalue weighted by atomic mass is 16.5. The molecule has 132 valence electrons. The largest absolute Gasteiger partial charge is 0.490 e. The highest BCUT2D eigenvalue weighted by molar-refractivity contribution is 5.85. The predicted molar refractivity (Wildman–Crippen MR) is 95.5 cm³/mol. The number of rotatable bonds is 8. The highest BCUT2D eigenvalue weighted by Gasteiger charge is 2.21. The zero-order chi connectivity index (χ0) is 16.8. The van der Waals surface area contributed by atoms with Gasteiger partial charge in [-0.15, -0.1) is 0 Å². The number of likely N-dealkylation sites (tertiary alicyclic amines) is 1. The number of benzene rings is 1. The van der Waals surface area contributed by atoms with Crippen LogP contribution >= 0.6 is 0 Å². The van der Waals surface area contributed by atoms with Gasteiger partial charge in [-0.2, -0.15) is 0 Å². The average Bonchev–Trinajstić information content (AvgIpc) is 3.08. The molecule has 2 aromatic rings. The molecule has 1 fully saturated rings. The molecule has 24 heavy (non-hydrogen) atoms. The molecular formula is C19H28N2O3. The third kappa shape index (κ3) is 4.50. The van der Waals surface area contributed by atoms with Gasteiger partial charge >= 0.3 is 0 Å². The number of fused-ring (bicyclic) bond motifs is 1. The van der Waals surface area contributed by atoms with Crippen LogP contribution in [-0.4, -0.2) is 60.5 Å². The van der Waals surface area contributed by atoms with Gasteiger partial charge in [-0.05, 0) is 57.0 Å². The standard InChI is InChI=1S/C19H28N2O3/c1-2-23-13-15-7-10-21(11-8-15)12-16(22)14-24-19-5-3-4-18-17(19)6-9-20-18/h3-6,9,15-16,20,22H,2,7-8,10-14H2,1H3. The van der Waals surface area contributed by atoms with Crippen molar-refractivity contribution in [2.24, 2.45) is 5.92 Å². The Morgan fingerprint density at radius 2 is 2.12 bits per heavy atom. The Labute approximate surface area is 143 Å². The number of β-amino-alcohol motifs (C(OH)–C–C–N with tert-alkyl or cyclic N) is 1. The van der Waals surface area contributed by atoms with Gasteiger partial charge in [0.25, 0.3) is 0 Å². The van der Waals surface area contributed by atoms with E-state index < -0.39 is 6.10 Å². The fourth-order valence-electron chi connectivity index (χ4n) is 3.34. The van der Waals surface area contributed by atoms with Crippen molar-refractivity contribution in [3.05, 3.63) is 30.5 Å². The smallest absolute Gasteiger partial charge is 0.128 e. The molecule has 3 rings (SSSR count). The third-order valence-corrected chi connectivity index (χ3v) is 4.72. The van der Waals surface area contributed by atoms with Gasteiger partial charge in [0.1, 0.15) is 18.5 Å². The van der Waals surface area contributed by atoms with Crippen molar-refractivity contribution in [1.29, 1.82) is 0 Å². The van der Waals surface area contributed by atoms with E-state index in [-0.39, 0.29) is 0 Å². The Balaban J connectivity index is 1.42. The summed E-state index contributed by atoms with van der Waals surface area (Å²) in [5.74, 6) is 1.49. The minimum atomic E-state index is -0.470. The maximum absolute atomic E-state index is 10.3. The Kier molecular flexibility index (Phi) is 6.12. The van der Waals surface area contributed by atoms with Gasteiger partial charge in [0.2, 0.25) is 0 Å². The summed E-state index contributed by atoms with van der Waals surface area (Å²) in [7, 11) is 0. The molecule has 0 radical (unpaired) electrons. The van der Waals surface area contributed by atoms with Crippen molar-refractivity contribution >= 4 is 10.9 Å². The number of nitrogens with one attached hydrogen (secondary N) is 1. The molecule has 1 aromatic carbocycles. The molecule has 1 aliphatic heterocycles. The second-order valence-electron chi connectivity index (χ2n) is 6.56. The molecule has 1 saturated heterocycles. The van der Waals surface area contributed by atoms with Crippen LogP contribution in [-0.2, 0) is 4.74 Å². The molecular weight excluding hydrogens is 304 g/mol. The summed E-state index contributed by atoms with van der Waals surface area (Å²) < 4.78 is 11.4. The number of hydrogen-bond donors (Lipinski definition) is 2. The monoisotopic (exact) mass is 332 g/mol. The number of hydrogen-bond acceptors (Lipinski definition) is 4.